The van der Waals surface area contributed by atoms with Crippen molar-refractivity contribution in [3.63, 3.8) is 0 Å². The summed E-state index contributed by atoms with van der Waals surface area (Å²) >= 11 is 3.42. The van der Waals surface area contributed by atoms with Crippen LogP contribution >= 0.6 is 15.9 Å². The van der Waals surface area contributed by atoms with Crippen molar-refractivity contribution >= 4 is 21.8 Å². The van der Waals surface area contributed by atoms with Crippen LogP contribution in [0.15, 0.2) is 24.3 Å². The number of morpholine rings is 1. The van der Waals surface area contributed by atoms with E-state index in [4.69, 9.17) is 9.47 Å². The Morgan fingerprint density at radius 3 is 2.70 bits per heavy atom. The van der Waals surface area contributed by atoms with Crippen LogP contribution in [0, 0.1) is 0 Å². The number of nitrogens with zero attached hydrogens (tertiary/aromatic N) is 1. The number of hydrogen-bond acceptors (Lipinski definition) is 3. The quantitative estimate of drug-likeness (QED) is 0.790. The molecule has 0 aliphatic carbocycles. The minimum absolute atomic E-state index is 0.0501. The van der Waals surface area contributed by atoms with Crippen LogP contribution < -0.4 is 4.74 Å². The number of amides is 1. The fourth-order valence-electron chi connectivity index (χ4n) is 2.34. The van der Waals surface area contributed by atoms with Crippen molar-refractivity contribution in [2.75, 3.05) is 25.0 Å². The third-order valence-electron chi connectivity index (χ3n) is 3.20. The van der Waals surface area contributed by atoms with E-state index >= 15 is 0 Å². The lowest BCUT2D eigenvalue weighted by atomic mass is 10.1. The van der Waals surface area contributed by atoms with E-state index in [0.717, 1.165) is 11.1 Å². The second-order valence-corrected chi connectivity index (χ2v) is 5.54. The molecule has 1 aliphatic rings. The Morgan fingerprint density at radius 2 is 2.10 bits per heavy atom. The average Bonchev–Trinajstić information content (AvgIpc) is 2.47. The lowest BCUT2D eigenvalue weighted by Crippen LogP contribution is -2.49. The molecule has 0 N–H and O–H groups in total. The summed E-state index contributed by atoms with van der Waals surface area (Å²) in [4.78, 5) is 14.3. The summed E-state index contributed by atoms with van der Waals surface area (Å²) in [5.41, 5.74) is 0.691. The van der Waals surface area contributed by atoms with E-state index in [-0.39, 0.29) is 18.1 Å². The molecule has 4 nitrogen and oxygen atoms in total. The highest BCUT2D eigenvalue weighted by atomic mass is 79.9. The first kappa shape index (κ1) is 15.3. The van der Waals surface area contributed by atoms with Crippen LogP contribution in [-0.2, 0) is 4.74 Å². The fourth-order valence-corrected chi connectivity index (χ4v) is 2.70. The maximum atomic E-state index is 12.5. The third kappa shape index (κ3) is 3.73. The number of halogens is 1. The zero-order valence-electron chi connectivity index (χ0n) is 11.8. The minimum atomic E-state index is 0.0501. The Hall–Kier alpha value is -1.07. The summed E-state index contributed by atoms with van der Waals surface area (Å²) in [6, 6.07) is 7.30. The standard InChI is InChI=1S/C15H20BrNO3/c1-3-19-13-6-4-12(5-7-13)15(18)17-9-11(2)20-14(8-16)10-17/h4-7,11,14H,3,8-10H2,1-2H3. The zero-order chi connectivity index (χ0) is 14.5. The fraction of sp³-hybridized carbons (Fsp3) is 0.533. The largest absolute Gasteiger partial charge is 0.494 e. The maximum absolute atomic E-state index is 12.5. The molecule has 1 saturated heterocycles. The maximum Gasteiger partial charge on any atom is 0.254 e. The Labute approximate surface area is 128 Å². The third-order valence-corrected chi connectivity index (χ3v) is 3.92. The van der Waals surface area contributed by atoms with Crippen molar-refractivity contribution in [2.24, 2.45) is 0 Å². The lowest BCUT2D eigenvalue weighted by molar-refractivity contribution is -0.0559. The number of ether oxygens (including phenoxy) is 2. The van der Waals surface area contributed by atoms with Crippen molar-refractivity contribution in [1.29, 1.82) is 0 Å². The van der Waals surface area contributed by atoms with Gasteiger partial charge in [-0.2, -0.15) is 0 Å². The molecule has 1 aliphatic heterocycles. The van der Waals surface area contributed by atoms with Gasteiger partial charge in [0, 0.05) is 24.0 Å². The summed E-state index contributed by atoms with van der Waals surface area (Å²) in [5.74, 6) is 0.840. The van der Waals surface area contributed by atoms with Crippen molar-refractivity contribution in [3.05, 3.63) is 29.8 Å². The molecule has 1 aromatic carbocycles. The molecule has 2 atom stereocenters. The molecule has 1 fully saturated rings. The predicted molar refractivity (Wildman–Crippen MR) is 81.6 cm³/mol. The molecule has 0 radical (unpaired) electrons. The van der Waals surface area contributed by atoms with Gasteiger partial charge in [0.25, 0.3) is 5.91 Å². The van der Waals surface area contributed by atoms with Crippen LogP contribution in [0.2, 0.25) is 0 Å². The topological polar surface area (TPSA) is 38.8 Å². The van der Waals surface area contributed by atoms with Crippen LogP contribution in [-0.4, -0.2) is 48.0 Å². The summed E-state index contributed by atoms with van der Waals surface area (Å²) in [7, 11) is 0. The van der Waals surface area contributed by atoms with Crippen LogP contribution in [0.1, 0.15) is 24.2 Å². The molecule has 5 heteroatoms. The van der Waals surface area contributed by atoms with E-state index in [0.29, 0.717) is 25.3 Å². The summed E-state index contributed by atoms with van der Waals surface area (Å²) in [5, 5.41) is 0.740. The molecule has 110 valence electrons. The van der Waals surface area contributed by atoms with E-state index in [9.17, 15) is 4.79 Å². The van der Waals surface area contributed by atoms with Crippen molar-refractivity contribution in [1.82, 2.24) is 4.90 Å². The van der Waals surface area contributed by atoms with Gasteiger partial charge in [-0.25, -0.2) is 0 Å². The second-order valence-electron chi connectivity index (χ2n) is 4.89. The predicted octanol–water partition coefficient (Wildman–Crippen LogP) is 2.71. The van der Waals surface area contributed by atoms with Crippen LogP contribution in [0.4, 0.5) is 0 Å². The van der Waals surface area contributed by atoms with E-state index < -0.39 is 0 Å². The average molecular weight is 342 g/mol. The number of alkyl halides is 1. The van der Waals surface area contributed by atoms with Gasteiger partial charge in [0.2, 0.25) is 0 Å². The van der Waals surface area contributed by atoms with Gasteiger partial charge < -0.3 is 14.4 Å². The van der Waals surface area contributed by atoms with Gasteiger partial charge >= 0.3 is 0 Å². The van der Waals surface area contributed by atoms with Crippen molar-refractivity contribution in [2.45, 2.75) is 26.1 Å². The van der Waals surface area contributed by atoms with E-state index in [1.165, 1.54) is 0 Å². The molecular formula is C15H20BrNO3. The first-order valence-electron chi connectivity index (χ1n) is 6.87. The lowest BCUT2D eigenvalue weighted by Gasteiger charge is -2.36. The van der Waals surface area contributed by atoms with Gasteiger partial charge in [-0.1, -0.05) is 15.9 Å². The number of hydrogen-bond donors (Lipinski definition) is 0. The molecule has 0 bridgehead atoms. The minimum Gasteiger partial charge on any atom is -0.494 e. The van der Waals surface area contributed by atoms with E-state index in [1.807, 2.05) is 43.0 Å². The van der Waals surface area contributed by atoms with Crippen LogP contribution in [0.5, 0.6) is 5.75 Å². The highest BCUT2D eigenvalue weighted by Crippen LogP contribution is 2.18. The summed E-state index contributed by atoms with van der Waals surface area (Å²) < 4.78 is 11.1. The molecule has 0 saturated carbocycles. The van der Waals surface area contributed by atoms with Gasteiger partial charge in [-0.15, -0.1) is 0 Å². The normalized spacial score (nSPS) is 22.6. The smallest absolute Gasteiger partial charge is 0.254 e. The summed E-state index contributed by atoms with van der Waals surface area (Å²) in [6.07, 6.45) is 0.128. The first-order valence-corrected chi connectivity index (χ1v) is 7.99. The zero-order valence-corrected chi connectivity index (χ0v) is 13.4. The summed E-state index contributed by atoms with van der Waals surface area (Å²) in [6.45, 7) is 5.82. The Kier molecular flexibility index (Phi) is 5.43. The monoisotopic (exact) mass is 341 g/mol. The Bertz CT molecular complexity index is 449. The molecule has 2 unspecified atom stereocenters. The number of rotatable bonds is 4. The van der Waals surface area contributed by atoms with Crippen molar-refractivity contribution < 1.29 is 14.3 Å². The molecule has 0 spiro atoms. The van der Waals surface area contributed by atoms with Gasteiger partial charge in [0.05, 0.1) is 18.8 Å². The molecule has 20 heavy (non-hydrogen) atoms. The van der Waals surface area contributed by atoms with Gasteiger partial charge in [-0.3, -0.25) is 4.79 Å². The van der Waals surface area contributed by atoms with Crippen LogP contribution in [0.25, 0.3) is 0 Å². The molecule has 1 heterocycles. The highest BCUT2D eigenvalue weighted by Gasteiger charge is 2.28. The van der Waals surface area contributed by atoms with E-state index in [2.05, 4.69) is 15.9 Å². The molecule has 1 amide bonds. The highest BCUT2D eigenvalue weighted by molar-refractivity contribution is 9.09. The van der Waals surface area contributed by atoms with E-state index in [1.54, 1.807) is 0 Å². The van der Waals surface area contributed by atoms with Crippen LogP contribution in [0.3, 0.4) is 0 Å². The Balaban J connectivity index is 2.06. The van der Waals surface area contributed by atoms with Gasteiger partial charge in [0.15, 0.2) is 0 Å². The van der Waals surface area contributed by atoms with Crippen molar-refractivity contribution in [3.8, 4) is 5.75 Å². The second kappa shape index (κ2) is 7.09. The molecular weight excluding hydrogens is 322 g/mol. The number of benzene rings is 1. The number of carbonyl (C=O) groups is 1. The SMILES string of the molecule is CCOc1ccc(C(=O)N2CC(C)OC(CBr)C2)cc1. The molecule has 2 rings (SSSR count). The molecule has 1 aromatic rings. The number of carbonyl (C=O) groups excluding carboxylic acids is 1. The van der Waals surface area contributed by atoms with Gasteiger partial charge in [0.1, 0.15) is 5.75 Å². The van der Waals surface area contributed by atoms with Gasteiger partial charge in [-0.05, 0) is 38.1 Å². The molecule has 0 aromatic heterocycles. The Morgan fingerprint density at radius 1 is 1.40 bits per heavy atom. The first-order chi connectivity index (χ1) is 9.63.